The highest BCUT2D eigenvalue weighted by molar-refractivity contribution is 6.39. The van der Waals surface area contributed by atoms with Crippen LogP contribution in [0.3, 0.4) is 0 Å². The van der Waals surface area contributed by atoms with Gasteiger partial charge in [-0.3, -0.25) is 14.2 Å². The van der Waals surface area contributed by atoms with Gasteiger partial charge in [-0.2, -0.15) is 0 Å². The maximum atomic E-state index is 13.4. The first kappa shape index (κ1) is 36.2. The van der Waals surface area contributed by atoms with Crippen LogP contribution < -0.4 is 27.3 Å². The maximum absolute atomic E-state index is 13.4. The van der Waals surface area contributed by atoms with Crippen molar-refractivity contribution in [2.24, 2.45) is 7.05 Å². The van der Waals surface area contributed by atoms with Crippen LogP contribution in [-0.2, 0) is 32.5 Å². The number of aromatic nitrogens is 2. The molecule has 256 valence electrons. The summed E-state index contributed by atoms with van der Waals surface area (Å²) < 4.78 is 18.0. The monoisotopic (exact) mass is 702 g/mol. The Kier molecular flexibility index (Phi) is 12.4. The molecule has 1 heterocycles. The van der Waals surface area contributed by atoms with E-state index in [1.807, 2.05) is 6.92 Å². The molecule has 3 aromatic rings. The number of nitrogen functional groups attached to an aromatic ring is 1. The number of anilines is 1. The highest BCUT2D eigenvalue weighted by Gasteiger charge is 2.29. The molecular formula is C33H38Cl2N5O8+. The number of carbonyl (C=O) groups is 3. The van der Waals surface area contributed by atoms with Crippen LogP contribution in [0.5, 0.6) is 0 Å². The second-order valence-electron chi connectivity index (χ2n) is 11.2. The second kappa shape index (κ2) is 16.5. The molecule has 13 nitrogen and oxygen atoms in total. The fourth-order valence-electron chi connectivity index (χ4n) is 5.26. The summed E-state index contributed by atoms with van der Waals surface area (Å²) >= 11 is 12.4. The molecule has 1 aromatic heterocycles. The predicted octanol–water partition coefficient (Wildman–Crippen LogP) is 2.66. The van der Waals surface area contributed by atoms with Crippen molar-refractivity contribution in [2.45, 2.75) is 70.8 Å². The number of benzene rings is 2. The van der Waals surface area contributed by atoms with E-state index in [0.717, 1.165) is 36.7 Å². The molecule has 0 spiro atoms. The Balaban J connectivity index is 1.56. The van der Waals surface area contributed by atoms with E-state index in [-0.39, 0.29) is 45.2 Å². The summed E-state index contributed by atoms with van der Waals surface area (Å²) in [6.45, 7) is 3.78. The van der Waals surface area contributed by atoms with Gasteiger partial charge in [0.1, 0.15) is 30.1 Å². The van der Waals surface area contributed by atoms with E-state index in [2.05, 4.69) is 10.3 Å². The predicted molar refractivity (Wildman–Crippen MR) is 180 cm³/mol. The third kappa shape index (κ3) is 8.84. The van der Waals surface area contributed by atoms with Gasteiger partial charge in [0.2, 0.25) is 6.29 Å². The lowest BCUT2D eigenvalue weighted by Crippen LogP contribution is -2.68. The van der Waals surface area contributed by atoms with Crippen LogP contribution in [-0.4, -0.2) is 58.4 Å². The number of nitrogens with two attached hydrogens (primary N) is 1. The first-order valence-corrected chi connectivity index (χ1v) is 16.3. The third-order valence-corrected chi connectivity index (χ3v) is 8.40. The molecule has 2 aromatic carbocycles. The van der Waals surface area contributed by atoms with Crippen LogP contribution in [0.1, 0.15) is 67.6 Å². The minimum atomic E-state index is -1.33. The zero-order chi connectivity index (χ0) is 35.0. The van der Waals surface area contributed by atoms with E-state index in [1.54, 1.807) is 18.2 Å². The molecular weight excluding hydrogens is 665 g/mol. The Morgan fingerprint density at radius 2 is 1.69 bits per heavy atom. The van der Waals surface area contributed by atoms with Crippen LogP contribution in [0.15, 0.2) is 52.1 Å². The van der Waals surface area contributed by atoms with Gasteiger partial charge in [0, 0.05) is 20.4 Å². The molecule has 4 rings (SSSR count). The molecule has 1 fully saturated rings. The SMILES string of the molecule is CC[NH+]=Cc1c(N)c(=O)n(-c2ccc(C[C@H](NC(=O)c3c(Cl)cccc3Cl)C(=O)OC(C)OC(=O)OC3CCCCC3)cc2)c(=O)n1C. The molecule has 4 N–H and O–H groups in total. The lowest BCUT2D eigenvalue weighted by molar-refractivity contribution is -0.446. The molecule has 1 amide bonds. The van der Waals surface area contributed by atoms with Crippen molar-refractivity contribution in [3.05, 3.63) is 90.2 Å². The van der Waals surface area contributed by atoms with Gasteiger partial charge in [-0.05, 0) is 62.4 Å². The number of hydrogen-bond acceptors (Lipinski definition) is 9. The minimum absolute atomic E-state index is 0.0445. The van der Waals surface area contributed by atoms with Gasteiger partial charge in [0.05, 0.1) is 21.3 Å². The summed E-state index contributed by atoms with van der Waals surface area (Å²) in [7, 11) is 1.50. The number of halogens is 2. The van der Waals surface area contributed by atoms with Crippen molar-refractivity contribution < 1.29 is 33.6 Å². The molecule has 15 heteroatoms. The Bertz CT molecular complexity index is 1740. The number of carbonyl (C=O) groups excluding carboxylic acids is 3. The standard InChI is InChI=1S/C33H37Cl2N5O8/c1-4-37-18-26-28(36)30(42)40(32(44)39(26)3)21-15-13-20(14-16-21)17-25(38-29(41)27-23(34)11-8-12-24(27)35)31(43)46-19(2)47-33(45)48-22-9-6-5-7-10-22/h8,11-16,18-19,22,25H,4-7,9-10,17,36H2,1-3H3,(H,38,41)/p+1/t19?,25-/m0/s1. The van der Waals surface area contributed by atoms with E-state index < -0.39 is 41.6 Å². The van der Waals surface area contributed by atoms with E-state index in [4.69, 9.17) is 43.1 Å². The van der Waals surface area contributed by atoms with Crippen molar-refractivity contribution in [1.82, 2.24) is 14.5 Å². The summed E-state index contributed by atoms with van der Waals surface area (Å²) in [4.78, 5) is 68.1. The molecule has 1 aliphatic carbocycles. The van der Waals surface area contributed by atoms with Crippen molar-refractivity contribution >= 4 is 53.1 Å². The molecule has 0 saturated heterocycles. The van der Waals surface area contributed by atoms with Gasteiger partial charge >= 0.3 is 17.8 Å². The summed E-state index contributed by atoms with van der Waals surface area (Å²) in [5, 5.41) is 2.74. The number of nitrogens with one attached hydrogen (secondary N) is 2. The Labute approximate surface area is 286 Å². The molecule has 1 aliphatic rings. The highest BCUT2D eigenvalue weighted by atomic mass is 35.5. The van der Waals surface area contributed by atoms with Crippen LogP contribution in [0.2, 0.25) is 10.0 Å². The topological polar surface area (TPSA) is 175 Å². The van der Waals surface area contributed by atoms with E-state index >= 15 is 0 Å². The first-order valence-electron chi connectivity index (χ1n) is 15.5. The zero-order valence-electron chi connectivity index (χ0n) is 26.8. The summed E-state index contributed by atoms with van der Waals surface area (Å²) in [5.74, 6) is -1.66. The van der Waals surface area contributed by atoms with E-state index in [0.29, 0.717) is 12.1 Å². The smallest absolute Gasteiger partial charge is 0.431 e. The Morgan fingerprint density at radius 1 is 1.04 bits per heavy atom. The Morgan fingerprint density at radius 3 is 2.31 bits per heavy atom. The normalized spacial score (nSPS) is 14.7. The fraction of sp³-hybridized carbons (Fsp3) is 0.394. The largest absolute Gasteiger partial charge is 0.511 e. The number of ether oxygens (including phenoxy) is 3. The van der Waals surface area contributed by atoms with Gasteiger partial charge < -0.3 is 25.3 Å². The van der Waals surface area contributed by atoms with Crippen LogP contribution >= 0.6 is 23.2 Å². The van der Waals surface area contributed by atoms with Crippen molar-refractivity contribution in [3.8, 4) is 5.69 Å². The third-order valence-electron chi connectivity index (χ3n) is 7.77. The lowest BCUT2D eigenvalue weighted by atomic mass is 9.98. The summed E-state index contributed by atoms with van der Waals surface area (Å²) in [6, 6.07) is 9.39. The van der Waals surface area contributed by atoms with Gasteiger partial charge in [-0.1, -0.05) is 47.8 Å². The Hall–Kier alpha value is -4.62. The average Bonchev–Trinajstić information content (AvgIpc) is 3.04. The van der Waals surface area contributed by atoms with Crippen molar-refractivity contribution in [1.29, 1.82) is 0 Å². The molecule has 1 unspecified atom stereocenters. The first-order chi connectivity index (χ1) is 22.9. The molecule has 0 bridgehead atoms. The number of rotatable bonds is 11. The molecule has 0 aliphatic heterocycles. The van der Waals surface area contributed by atoms with Crippen molar-refractivity contribution in [3.63, 3.8) is 0 Å². The highest BCUT2D eigenvalue weighted by Crippen LogP contribution is 2.25. The second-order valence-corrected chi connectivity index (χ2v) is 12.0. The van der Waals surface area contributed by atoms with Gasteiger partial charge in [-0.15, -0.1) is 0 Å². The van der Waals surface area contributed by atoms with Crippen molar-refractivity contribution in [2.75, 3.05) is 12.3 Å². The zero-order valence-corrected chi connectivity index (χ0v) is 28.3. The number of hydrogen-bond donors (Lipinski definition) is 3. The number of esters is 1. The maximum Gasteiger partial charge on any atom is 0.511 e. The number of amides is 1. The molecule has 2 atom stereocenters. The summed E-state index contributed by atoms with van der Waals surface area (Å²) in [6.07, 6.45) is 3.29. The molecule has 0 radical (unpaired) electrons. The van der Waals surface area contributed by atoms with Crippen LogP contribution in [0.4, 0.5) is 10.5 Å². The molecule has 48 heavy (non-hydrogen) atoms. The van der Waals surface area contributed by atoms with E-state index in [1.165, 1.54) is 49.0 Å². The number of nitrogens with zero attached hydrogens (tertiary/aromatic N) is 2. The van der Waals surface area contributed by atoms with Gasteiger partial charge in [0.25, 0.3) is 11.5 Å². The minimum Gasteiger partial charge on any atom is -0.431 e. The lowest BCUT2D eigenvalue weighted by Gasteiger charge is -2.23. The average molecular weight is 704 g/mol. The molecule has 1 saturated carbocycles. The quantitative estimate of drug-likeness (QED) is 0.154. The van der Waals surface area contributed by atoms with Crippen LogP contribution in [0.25, 0.3) is 5.69 Å². The summed E-state index contributed by atoms with van der Waals surface area (Å²) in [5.41, 5.74) is 5.60. The van der Waals surface area contributed by atoms with E-state index in [9.17, 15) is 24.0 Å². The van der Waals surface area contributed by atoms with Gasteiger partial charge in [-0.25, -0.2) is 23.9 Å². The fourth-order valence-corrected chi connectivity index (χ4v) is 5.83. The van der Waals surface area contributed by atoms with Gasteiger partial charge in [0.15, 0.2) is 6.21 Å². The van der Waals surface area contributed by atoms with Crippen LogP contribution in [0, 0.1) is 0 Å².